The zero-order valence-corrected chi connectivity index (χ0v) is 8.72. The minimum absolute atomic E-state index is 0.292. The van der Waals surface area contributed by atoms with Gasteiger partial charge in [0.25, 0.3) is 0 Å². The van der Waals surface area contributed by atoms with Gasteiger partial charge in [0.2, 0.25) is 0 Å². The molecule has 0 atom stereocenters. The highest BCUT2D eigenvalue weighted by atomic mass is 14.2. The van der Waals surface area contributed by atoms with Gasteiger partial charge < -0.3 is 0 Å². The van der Waals surface area contributed by atoms with E-state index in [0.717, 1.165) is 6.42 Å². The Balaban J connectivity index is 4.44. The summed E-state index contributed by atoms with van der Waals surface area (Å²) in [5.41, 5.74) is 1.76. The number of rotatable bonds is 3. The lowest BCUT2D eigenvalue weighted by Crippen LogP contribution is -2.08. The molecule has 0 rings (SSSR count). The van der Waals surface area contributed by atoms with Gasteiger partial charge in [-0.25, -0.2) is 0 Å². The van der Waals surface area contributed by atoms with E-state index in [1.165, 1.54) is 5.57 Å². The molecule has 0 radical (unpaired) electrons. The van der Waals surface area contributed by atoms with Gasteiger partial charge in [0.15, 0.2) is 0 Å². The smallest absolute Gasteiger partial charge is 0.0170 e. The van der Waals surface area contributed by atoms with Gasteiger partial charge in [0, 0.05) is 0 Å². The summed E-state index contributed by atoms with van der Waals surface area (Å²) in [5, 5.41) is 0. The largest absolute Gasteiger partial charge is 0.0991 e. The standard InChI is InChI=1S/C12H20/c1-6-8-9-10-11(7-2)12(3,4)5/h6,8-10H,1,7H2,2-5H3/b9-8-,11-10+. The number of allylic oxidation sites excluding steroid dienone is 5. The molecule has 12 heavy (non-hydrogen) atoms. The van der Waals surface area contributed by atoms with E-state index in [1.54, 1.807) is 6.08 Å². The highest BCUT2D eigenvalue weighted by Gasteiger charge is 2.13. The van der Waals surface area contributed by atoms with Crippen molar-refractivity contribution in [1.82, 2.24) is 0 Å². The van der Waals surface area contributed by atoms with Crippen LogP contribution in [-0.4, -0.2) is 0 Å². The molecule has 0 saturated carbocycles. The summed E-state index contributed by atoms with van der Waals surface area (Å²) in [6.07, 6.45) is 9.11. The second-order valence-corrected chi connectivity index (χ2v) is 3.92. The van der Waals surface area contributed by atoms with Crippen LogP contribution in [0.2, 0.25) is 0 Å². The van der Waals surface area contributed by atoms with Crippen LogP contribution in [0.15, 0.2) is 36.5 Å². The van der Waals surface area contributed by atoms with Crippen LogP contribution in [0, 0.1) is 5.41 Å². The maximum atomic E-state index is 3.63. The fraction of sp³-hybridized carbons (Fsp3) is 0.500. The summed E-state index contributed by atoms with van der Waals surface area (Å²) >= 11 is 0. The molecule has 0 aliphatic carbocycles. The molecule has 68 valence electrons. The predicted molar refractivity (Wildman–Crippen MR) is 57.2 cm³/mol. The van der Waals surface area contributed by atoms with Crippen LogP contribution in [0.1, 0.15) is 34.1 Å². The Morgan fingerprint density at radius 3 is 2.17 bits per heavy atom. The molecule has 0 nitrogen and oxygen atoms in total. The summed E-state index contributed by atoms with van der Waals surface area (Å²) in [4.78, 5) is 0. The SMILES string of the molecule is C=C/C=C\C=C(/CC)C(C)(C)C. The third-order valence-electron chi connectivity index (χ3n) is 1.89. The Hall–Kier alpha value is -0.780. The highest BCUT2D eigenvalue weighted by molar-refractivity contribution is 5.19. The summed E-state index contributed by atoms with van der Waals surface area (Å²) in [5.74, 6) is 0. The highest BCUT2D eigenvalue weighted by Crippen LogP contribution is 2.27. The zero-order chi connectivity index (χ0) is 9.61. The fourth-order valence-corrected chi connectivity index (χ4v) is 1.15. The maximum absolute atomic E-state index is 3.63. The van der Waals surface area contributed by atoms with Gasteiger partial charge in [-0.3, -0.25) is 0 Å². The molecule has 0 heteroatoms. The summed E-state index contributed by atoms with van der Waals surface area (Å²) < 4.78 is 0. The van der Waals surface area contributed by atoms with E-state index < -0.39 is 0 Å². The molecule has 0 heterocycles. The summed E-state index contributed by atoms with van der Waals surface area (Å²) in [6, 6.07) is 0. The van der Waals surface area contributed by atoms with Gasteiger partial charge >= 0.3 is 0 Å². The lowest BCUT2D eigenvalue weighted by Gasteiger charge is -2.21. The lowest BCUT2D eigenvalue weighted by molar-refractivity contribution is 0.488. The van der Waals surface area contributed by atoms with Crippen molar-refractivity contribution in [3.05, 3.63) is 36.5 Å². The quantitative estimate of drug-likeness (QED) is 0.551. The second kappa shape index (κ2) is 4.97. The van der Waals surface area contributed by atoms with Crippen molar-refractivity contribution < 1.29 is 0 Å². The van der Waals surface area contributed by atoms with Gasteiger partial charge in [-0.1, -0.05) is 64.2 Å². The van der Waals surface area contributed by atoms with Crippen molar-refractivity contribution in [2.45, 2.75) is 34.1 Å². The maximum Gasteiger partial charge on any atom is -0.0170 e. The topological polar surface area (TPSA) is 0 Å². The monoisotopic (exact) mass is 164 g/mol. The molecule has 0 aromatic heterocycles. The van der Waals surface area contributed by atoms with E-state index in [1.807, 2.05) is 6.08 Å². The minimum atomic E-state index is 0.292. The van der Waals surface area contributed by atoms with Crippen molar-refractivity contribution in [3.63, 3.8) is 0 Å². The zero-order valence-electron chi connectivity index (χ0n) is 8.72. The Morgan fingerprint density at radius 2 is 1.83 bits per heavy atom. The van der Waals surface area contributed by atoms with Crippen LogP contribution in [-0.2, 0) is 0 Å². The molecule has 0 aromatic rings. The van der Waals surface area contributed by atoms with Crippen molar-refractivity contribution in [1.29, 1.82) is 0 Å². The van der Waals surface area contributed by atoms with Crippen molar-refractivity contribution in [3.8, 4) is 0 Å². The van der Waals surface area contributed by atoms with Crippen LogP contribution in [0.5, 0.6) is 0 Å². The molecule has 0 saturated heterocycles. The average molecular weight is 164 g/mol. The molecule has 0 aromatic carbocycles. The predicted octanol–water partition coefficient (Wildman–Crippen LogP) is 4.11. The van der Waals surface area contributed by atoms with Gasteiger partial charge in [-0.05, 0) is 11.8 Å². The molecular formula is C12H20. The van der Waals surface area contributed by atoms with Gasteiger partial charge in [0.1, 0.15) is 0 Å². The first kappa shape index (κ1) is 11.2. The summed E-state index contributed by atoms with van der Waals surface area (Å²) in [6.45, 7) is 12.5. The van der Waals surface area contributed by atoms with E-state index in [9.17, 15) is 0 Å². The average Bonchev–Trinajstić information content (AvgIpc) is 1.95. The lowest BCUT2D eigenvalue weighted by atomic mass is 9.84. The number of hydrogen-bond donors (Lipinski definition) is 0. The first-order valence-electron chi connectivity index (χ1n) is 4.51. The molecule has 0 amide bonds. The Bertz CT molecular complexity index is 187. The molecule has 0 spiro atoms. The Kier molecular flexibility index (Phi) is 4.65. The van der Waals surface area contributed by atoms with Crippen LogP contribution < -0.4 is 0 Å². The van der Waals surface area contributed by atoms with Crippen molar-refractivity contribution in [2.75, 3.05) is 0 Å². The van der Waals surface area contributed by atoms with Crippen molar-refractivity contribution >= 4 is 0 Å². The third-order valence-corrected chi connectivity index (χ3v) is 1.89. The van der Waals surface area contributed by atoms with E-state index in [-0.39, 0.29) is 0 Å². The first-order valence-corrected chi connectivity index (χ1v) is 4.51. The third kappa shape index (κ3) is 4.17. The van der Waals surface area contributed by atoms with Crippen LogP contribution >= 0.6 is 0 Å². The van der Waals surface area contributed by atoms with Crippen LogP contribution in [0.4, 0.5) is 0 Å². The minimum Gasteiger partial charge on any atom is -0.0991 e. The number of hydrogen-bond acceptors (Lipinski definition) is 0. The van der Waals surface area contributed by atoms with Gasteiger partial charge in [-0.15, -0.1) is 0 Å². The van der Waals surface area contributed by atoms with E-state index in [0.29, 0.717) is 5.41 Å². The Labute approximate surface area is 76.7 Å². The van der Waals surface area contributed by atoms with E-state index in [2.05, 4.69) is 46.4 Å². The molecule has 0 bridgehead atoms. The molecule has 0 aliphatic heterocycles. The fourth-order valence-electron chi connectivity index (χ4n) is 1.15. The summed E-state index contributed by atoms with van der Waals surface area (Å²) in [7, 11) is 0. The molecule has 0 unspecified atom stereocenters. The molecular weight excluding hydrogens is 144 g/mol. The molecule has 0 aliphatic rings. The van der Waals surface area contributed by atoms with Gasteiger partial charge in [-0.2, -0.15) is 0 Å². The van der Waals surface area contributed by atoms with Crippen molar-refractivity contribution in [2.24, 2.45) is 5.41 Å². The molecule has 0 fully saturated rings. The second-order valence-electron chi connectivity index (χ2n) is 3.92. The van der Waals surface area contributed by atoms with Crippen LogP contribution in [0.3, 0.4) is 0 Å². The first-order chi connectivity index (χ1) is 5.52. The van der Waals surface area contributed by atoms with Crippen LogP contribution in [0.25, 0.3) is 0 Å². The van der Waals surface area contributed by atoms with E-state index in [4.69, 9.17) is 0 Å². The Morgan fingerprint density at radius 1 is 1.25 bits per heavy atom. The van der Waals surface area contributed by atoms with E-state index >= 15 is 0 Å². The van der Waals surface area contributed by atoms with Gasteiger partial charge in [0.05, 0.1) is 0 Å². The normalized spacial score (nSPS) is 13.8. The molecule has 0 N–H and O–H groups in total.